The number of nitrogens with one attached hydrogen (secondary N) is 1. The Morgan fingerprint density at radius 1 is 1.24 bits per heavy atom. The van der Waals surface area contributed by atoms with E-state index in [1.54, 1.807) is 20.4 Å². The van der Waals surface area contributed by atoms with Gasteiger partial charge in [0.15, 0.2) is 11.5 Å². The molecule has 4 heteroatoms. The highest BCUT2D eigenvalue weighted by Gasteiger charge is 2.13. The Balaban J connectivity index is 2.40. The molecule has 0 atom stereocenters. The molecule has 0 saturated heterocycles. The van der Waals surface area contributed by atoms with Gasteiger partial charge in [0.05, 0.1) is 25.6 Å². The second-order valence-corrected chi connectivity index (χ2v) is 3.91. The molecule has 17 heavy (non-hydrogen) atoms. The highest BCUT2D eigenvalue weighted by molar-refractivity contribution is 5.98. The Morgan fingerprint density at radius 3 is 2.53 bits per heavy atom. The highest BCUT2D eigenvalue weighted by atomic mass is 16.5. The van der Waals surface area contributed by atoms with Crippen molar-refractivity contribution in [1.29, 1.82) is 0 Å². The molecule has 0 aliphatic carbocycles. The average Bonchev–Trinajstić information content (AvgIpc) is 2.83. The summed E-state index contributed by atoms with van der Waals surface area (Å²) in [5.74, 6) is 1.40. The number of ether oxygens (including phenoxy) is 2. The normalized spacial score (nSPS) is 17.1. The number of aromatic amines is 1. The van der Waals surface area contributed by atoms with Crippen molar-refractivity contribution in [3.8, 4) is 11.5 Å². The standard InChI is InChI=1S/C13H16N2O2/c1-8-5-9(2)15-10(8)6-11-13(17-4)12(16-3)7-14-11/h5-7,14H,1-4H3/b10-6-. The number of methoxy groups -OCH3 is 2. The fraction of sp³-hybridized carbons (Fsp3) is 0.308. The first kappa shape index (κ1) is 11.5. The van der Waals surface area contributed by atoms with Gasteiger partial charge in [0, 0.05) is 11.9 Å². The van der Waals surface area contributed by atoms with E-state index in [9.17, 15) is 0 Å². The zero-order valence-electron chi connectivity index (χ0n) is 10.5. The van der Waals surface area contributed by atoms with Crippen molar-refractivity contribution in [2.45, 2.75) is 13.8 Å². The number of allylic oxidation sites excluding steroid dienone is 2. The lowest BCUT2D eigenvalue weighted by atomic mass is 10.2. The molecule has 0 fully saturated rings. The number of aliphatic imine (C=N–C) groups is 1. The molecule has 2 rings (SSSR count). The third kappa shape index (κ3) is 2.11. The Kier molecular flexibility index (Phi) is 3.04. The lowest BCUT2D eigenvalue weighted by Crippen LogP contribution is -1.88. The van der Waals surface area contributed by atoms with E-state index in [0.29, 0.717) is 11.5 Å². The van der Waals surface area contributed by atoms with Crippen molar-refractivity contribution in [3.63, 3.8) is 0 Å². The van der Waals surface area contributed by atoms with E-state index in [4.69, 9.17) is 9.47 Å². The third-order valence-corrected chi connectivity index (χ3v) is 2.66. The zero-order chi connectivity index (χ0) is 12.4. The van der Waals surface area contributed by atoms with Crippen molar-refractivity contribution in [3.05, 3.63) is 29.2 Å². The van der Waals surface area contributed by atoms with Crippen LogP contribution in [0.4, 0.5) is 0 Å². The van der Waals surface area contributed by atoms with E-state index < -0.39 is 0 Å². The Morgan fingerprint density at radius 2 is 2.00 bits per heavy atom. The molecule has 1 N–H and O–H groups in total. The maximum Gasteiger partial charge on any atom is 0.185 e. The molecule has 0 spiro atoms. The molecule has 2 heterocycles. The van der Waals surface area contributed by atoms with Crippen LogP contribution in [0.3, 0.4) is 0 Å². The van der Waals surface area contributed by atoms with Crippen LogP contribution in [0.5, 0.6) is 11.5 Å². The van der Waals surface area contributed by atoms with Crippen LogP contribution in [-0.2, 0) is 0 Å². The summed E-state index contributed by atoms with van der Waals surface area (Å²) in [6.07, 6.45) is 5.79. The maximum atomic E-state index is 5.31. The van der Waals surface area contributed by atoms with Gasteiger partial charge in [0.1, 0.15) is 0 Å². The van der Waals surface area contributed by atoms with Gasteiger partial charge in [-0.2, -0.15) is 0 Å². The number of rotatable bonds is 3. The van der Waals surface area contributed by atoms with Crippen LogP contribution in [-0.4, -0.2) is 24.9 Å². The van der Waals surface area contributed by atoms with Crippen LogP contribution >= 0.6 is 0 Å². The third-order valence-electron chi connectivity index (χ3n) is 2.66. The monoisotopic (exact) mass is 232 g/mol. The molecule has 0 bridgehead atoms. The molecule has 0 aromatic carbocycles. The van der Waals surface area contributed by atoms with E-state index in [-0.39, 0.29) is 0 Å². The number of H-pyrrole nitrogens is 1. The fourth-order valence-electron chi connectivity index (χ4n) is 1.86. The van der Waals surface area contributed by atoms with E-state index in [0.717, 1.165) is 22.7 Å². The quantitative estimate of drug-likeness (QED) is 0.871. The van der Waals surface area contributed by atoms with Crippen molar-refractivity contribution < 1.29 is 9.47 Å². The van der Waals surface area contributed by atoms with Crippen LogP contribution in [0, 0.1) is 0 Å². The van der Waals surface area contributed by atoms with Crippen LogP contribution in [0.25, 0.3) is 6.08 Å². The Hall–Kier alpha value is -1.97. The molecule has 0 radical (unpaired) electrons. The van der Waals surface area contributed by atoms with Crippen molar-refractivity contribution >= 4 is 11.8 Å². The molecular formula is C13H16N2O2. The van der Waals surface area contributed by atoms with Crippen LogP contribution in [0.15, 0.2) is 28.5 Å². The van der Waals surface area contributed by atoms with Crippen LogP contribution < -0.4 is 9.47 Å². The van der Waals surface area contributed by atoms with E-state index in [1.165, 1.54) is 0 Å². The lowest BCUT2D eigenvalue weighted by Gasteiger charge is -2.02. The Bertz CT molecular complexity index is 522. The van der Waals surface area contributed by atoms with E-state index in [1.807, 2.05) is 19.9 Å². The predicted molar refractivity (Wildman–Crippen MR) is 68.7 cm³/mol. The predicted octanol–water partition coefficient (Wildman–Crippen LogP) is 2.79. The minimum Gasteiger partial charge on any atom is -0.491 e. The van der Waals surface area contributed by atoms with Gasteiger partial charge >= 0.3 is 0 Å². The average molecular weight is 232 g/mol. The first-order valence-electron chi connectivity index (χ1n) is 5.40. The second-order valence-electron chi connectivity index (χ2n) is 3.91. The summed E-state index contributed by atoms with van der Waals surface area (Å²) in [7, 11) is 3.24. The van der Waals surface area contributed by atoms with Gasteiger partial charge in [-0.3, -0.25) is 4.99 Å². The molecule has 0 unspecified atom stereocenters. The number of nitrogens with zero attached hydrogens (tertiary/aromatic N) is 1. The topological polar surface area (TPSA) is 46.6 Å². The van der Waals surface area contributed by atoms with Gasteiger partial charge in [0.2, 0.25) is 0 Å². The molecular weight excluding hydrogens is 216 g/mol. The SMILES string of the molecule is COc1c[nH]c(/C=C2\N=C(C)C=C2C)c1OC. The summed E-state index contributed by atoms with van der Waals surface area (Å²) >= 11 is 0. The maximum absolute atomic E-state index is 5.31. The molecule has 1 aromatic heterocycles. The Labute approximate surface area is 101 Å². The van der Waals surface area contributed by atoms with Crippen LogP contribution in [0.2, 0.25) is 0 Å². The summed E-state index contributed by atoms with van der Waals surface area (Å²) < 4.78 is 10.5. The van der Waals surface area contributed by atoms with Crippen molar-refractivity contribution in [2.24, 2.45) is 4.99 Å². The van der Waals surface area contributed by atoms with Gasteiger partial charge in [-0.25, -0.2) is 0 Å². The molecule has 1 aliphatic rings. The number of hydrogen-bond acceptors (Lipinski definition) is 3. The summed E-state index contributed by atoms with van der Waals surface area (Å²) in [4.78, 5) is 7.56. The molecule has 1 aliphatic heterocycles. The van der Waals surface area contributed by atoms with Gasteiger partial charge in [-0.1, -0.05) is 0 Å². The van der Waals surface area contributed by atoms with E-state index in [2.05, 4.69) is 16.1 Å². The second kappa shape index (κ2) is 4.49. The van der Waals surface area contributed by atoms with Gasteiger partial charge in [0.25, 0.3) is 0 Å². The van der Waals surface area contributed by atoms with E-state index >= 15 is 0 Å². The number of hydrogen-bond donors (Lipinski definition) is 1. The molecule has 0 saturated carbocycles. The van der Waals surface area contributed by atoms with Crippen molar-refractivity contribution in [2.75, 3.05) is 14.2 Å². The van der Waals surface area contributed by atoms with Crippen molar-refractivity contribution in [1.82, 2.24) is 4.98 Å². The lowest BCUT2D eigenvalue weighted by molar-refractivity contribution is 0.357. The molecule has 1 aromatic rings. The number of aromatic nitrogens is 1. The first-order chi connectivity index (χ1) is 8.15. The zero-order valence-corrected chi connectivity index (χ0v) is 10.5. The van der Waals surface area contributed by atoms with Gasteiger partial charge in [-0.05, 0) is 31.6 Å². The summed E-state index contributed by atoms with van der Waals surface area (Å²) in [5.41, 5.74) is 3.99. The van der Waals surface area contributed by atoms with Crippen LogP contribution in [0.1, 0.15) is 19.5 Å². The highest BCUT2D eigenvalue weighted by Crippen LogP contribution is 2.33. The molecule has 4 nitrogen and oxygen atoms in total. The fourth-order valence-corrected chi connectivity index (χ4v) is 1.86. The summed E-state index contributed by atoms with van der Waals surface area (Å²) in [6.45, 7) is 4.02. The molecule has 0 amide bonds. The first-order valence-corrected chi connectivity index (χ1v) is 5.40. The summed E-state index contributed by atoms with van der Waals surface area (Å²) in [5, 5.41) is 0. The summed E-state index contributed by atoms with van der Waals surface area (Å²) in [6, 6.07) is 0. The van der Waals surface area contributed by atoms with Gasteiger partial charge in [-0.15, -0.1) is 0 Å². The van der Waals surface area contributed by atoms with Gasteiger partial charge < -0.3 is 14.5 Å². The minimum absolute atomic E-state index is 0.694. The largest absolute Gasteiger partial charge is 0.491 e. The minimum atomic E-state index is 0.694. The molecule has 90 valence electrons. The smallest absolute Gasteiger partial charge is 0.185 e.